The number of aliphatic hydroxyl groups is 1. The van der Waals surface area contributed by atoms with Gasteiger partial charge in [-0.25, -0.2) is 9.18 Å². The Bertz CT molecular complexity index is 443. The largest absolute Gasteiger partial charge is 0.479 e. The van der Waals surface area contributed by atoms with Crippen LogP contribution in [-0.4, -0.2) is 22.3 Å². The number of carbonyl (C=O) groups is 1. The number of hydrogen-bond donors (Lipinski definition) is 2. The molecule has 0 radical (unpaired) electrons. The number of aliphatic hydroxyl groups excluding tert-OH is 1. The summed E-state index contributed by atoms with van der Waals surface area (Å²) in [5, 5.41) is 18.4. The Morgan fingerprint density at radius 2 is 2.12 bits per heavy atom. The van der Waals surface area contributed by atoms with Crippen molar-refractivity contribution in [1.29, 1.82) is 0 Å². The summed E-state index contributed by atoms with van der Waals surface area (Å²) < 4.78 is 13.3. The first kappa shape index (κ1) is 11.5. The summed E-state index contributed by atoms with van der Waals surface area (Å²) in [6.07, 6.45) is -0.207. The molecule has 1 aromatic rings. The van der Waals surface area contributed by atoms with Gasteiger partial charge in [-0.05, 0) is 46.5 Å². The average molecular weight is 289 g/mol. The molecule has 1 aromatic carbocycles. The van der Waals surface area contributed by atoms with Crippen molar-refractivity contribution in [3.05, 3.63) is 34.1 Å². The Balaban J connectivity index is 2.37. The summed E-state index contributed by atoms with van der Waals surface area (Å²) in [6.45, 7) is 0. The van der Waals surface area contributed by atoms with Gasteiger partial charge in [-0.1, -0.05) is 6.07 Å². The van der Waals surface area contributed by atoms with Crippen LogP contribution >= 0.6 is 15.9 Å². The SMILES string of the molecule is O=C(O)C(O)C1(c2ccc(F)c(Br)c2)CC1. The zero-order valence-electron chi connectivity index (χ0n) is 8.28. The predicted octanol–water partition coefficient (Wildman–Crippen LogP) is 2.07. The molecule has 1 saturated carbocycles. The minimum Gasteiger partial charge on any atom is -0.479 e. The number of carboxylic acids is 1. The average Bonchev–Trinajstić information content (AvgIpc) is 3.02. The number of rotatable bonds is 3. The van der Waals surface area contributed by atoms with Crippen LogP contribution in [0.4, 0.5) is 4.39 Å². The molecule has 2 N–H and O–H groups in total. The smallest absolute Gasteiger partial charge is 0.333 e. The molecular formula is C11H10BrFO3. The lowest BCUT2D eigenvalue weighted by molar-refractivity contribution is -0.148. The van der Waals surface area contributed by atoms with Crippen LogP contribution in [0.5, 0.6) is 0 Å². The van der Waals surface area contributed by atoms with E-state index in [1.807, 2.05) is 0 Å². The van der Waals surface area contributed by atoms with Crippen molar-refractivity contribution in [3.8, 4) is 0 Å². The van der Waals surface area contributed by atoms with Gasteiger partial charge in [0.25, 0.3) is 0 Å². The summed E-state index contributed by atoms with van der Waals surface area (Å²) in [6, 6.07) is 4.34. The van der Waals surface area contributed by atoms with Crippen LogP contribution in [0, 0.1) is 5.82 Å². The maximum Gasteiger partial charge on any atom is 0.333 e. The normalized spacial score (nSPS) is 19.2. The zero-order chi connectivity index (χ0) is 11.9. The number of benzene rings is 1. The first-order valence-electron chi connectivity index (χ1n) is 4.84. The maximum atomic E-state index is 13.0. The molecule has 0 spiro atoms. The van der Waals surface area contributed by atoms with Crippen LogP contribution in [-0.2, 0) is 10.2 Å². The molecule has 1 aliphatic carbocycles. The third-order valence-corrected chi connectivity index (χ3v) is 3.65. The van der Waals surface area contributed by atoms with Crippen molar-refractivity contribution >= 4 is 21.9 Å². The second-order valence-corrected chi connectivity index (χ2v) is 4.88. The Kier molecular flexibility index (Phi) is 2.75. The van der Waals surface area contributed by atoms with Crippen molar-refractivity contribution in [1.82, 2.24) is 0 Å². The molecule has 0 aliphatic heterocycles. The fourth-order valence-electron chi connectivity index (χ4n) is 1.90. The van der Waals surface area contributed by atoms with E-state index in [-0.39, 0.29) is 4.47 Å². The molecule has 1 unspecified atom stereocenters. The predicted molar refractivity (Wildman–Crippen MR) is 58.7 cm³/mol. The standard InChI is InChI=1S/C11H10BrFO3/c12-7-5-6(1-2-8(7)13)11(3-4-11)9(14)10(15)16/h1-2,5,9,14H,3-4H2,(H,15,16). The molecule has 1 aliphatic rings. The first-order chi connectivity index (χ1) is 7.47. The molecule has 0 aromatic heterocycles. The Labute approximate surface area is 100 Å². The lowest BCUT2D eigenvalue weighted by Gasteiger charge is -2.19. The van der Waals surface area contributed by atoms with E-state index in [0.717, 1.165) is 0 Å². The van der Waals surface area contributed by atoms with Gasteiger partial charge in [-0.15, -0.1) is 0 Å². The van der Waals surface area contributed by atoms with Gasteiger partial charge in [0, 0.05) is 5.41 Å². The molecule has 0 amide bonds. The Morgan fingerprint density at radius 1 is 1.50 bits per heavy atom. The van der Waals surface area contributed by atoms with Crippen molar-refractivity contribution in [2.24, 2.45) is 0 Å². The highest BCUT2D eigenvalue weighted by atomic mass is 79.9. The topological polar surface area (TPSA) is 57.5 Å². The van der Waals surface area contributed by atoms with E-state index in [9.17, 15) is 14.3 Å². The summed E-state index contributed by atoms with van der Waals surface area (Å²) in [7, 11) is 0. The van der Waals surface area contributed by atoms with Gasteiger partial charge < -0.3 is 10.2 Å². The van der Waals surface area contributed by atoms with E-state index in [0.29, 0.717) is 18.4 Å². The van der Waals surface area contributed by atoms with Gasteiger partial charge in [-0.2, -0.15) is 0 Å². The third-order valence-electron chi connectivity index (χ3n) is 3.04. The molecule has 86 valence electrons. The molecular weight excluding hydrogens is 279 g/mol. The minimum atomic E-state index is -1.43. The van der Waals surface area contributed by atoms with Crippen LogP contribution in [0.15, 0.2) is 22.7 Å². The molecule has 16 heavy (non-hydrogen) atoms. The van der Waals surface area contributed by atoms with Crippen LogP contribution < -0.4 is 0 Å². The molecule has 0 heterocycles. The lowest BCUT2D eigenvalue weighted by atomic mass is 9.90. The van der Waals surface area contributed by atoms with Crippen LogP contribution in [0.1, 0.15) is 18.4 Å². The summed E-state index contributed by atoms with van der Waals surface area (Å²) in [5.74, 6) is -1.64. The van der Waals surface area contributed by atoms with Gasteiger partial charge in [0.2, 0.25) is 0 Å². The van der Waals surface area contributed by atoms with Gasteiger partial charge >= 0.3 is 5.97 Å². The highest BCUT2D eigenvalue weighted by molar-refractivity contribution is 9.10. The third kappa shape index (κ3) is 1.74. The molecule has 0 bridgehead atoms. The highest BCUT2D eigenvalue weighted by Crippen LogP contribution is 2.51. The van der Waals surface area contributed by atoms with Gasteiger partial charge in [0.05, 0.1) is 4.47 Å². The van der Waals surface area contributed by atoms with E-state index in [1.165, 1.54) is 18.2 Å². The van der Waals surface area contributed by atoms with E-state index in [2.05, 4.69) is 15.9 Å². The van der Waals surface area contributed by atoms with Crippen molar-refractivity contribution in [2.75, 3.05) is 0 Å². The maximum absolute atomic E-state index is 13.0. The molecule has 1 atom stereocenters. The van der Waals surface area contributed by atoms with Gasteiger partial charge in [0.15, 0.2) is 6.10 Å². The molecule has 0 saturated heterocycles. The first-order valence-corrected chi connectivity index (χ1v) is 5.63. The van der Waals surface area contributed by atoms with Crippen LogP contribution in [0.2, 0.25) is 0 Å². The fraction of sp³-hybridized carbons (Fsp3) is 0.364. The highest BCUT2D eigenvalue weighted by Gasteiger charge is 2.53. The van der Waals surface area contributed by atoms with Crippen LogP contribution in [0.3, 0.4) is 0 Å². The molecule has 1 fully saturated rings. The summed E-state index contributed by atoms with van der Waals surface area (Å²) in [4.78, 5) is 10.8. The van der Waals surface area contributed by atoms with E-state index >= 15 is 0 Å². The summed E-state index contributed by atoms with van der Waals surface area (Å²) >= 11 is 3.05. The number of hydrogen-bond acceptors (Lipinski definition) is 2. The molecule has 3 nitrogen and oxygen atoms in total. The number of carboxylic acid groups (broad SMARTS) is 1. The van der Waals surface area contributed by atoms with Crippen molar-refractivity contribution in [2.45, 2.75) is 24.4 Å². The minimum absolute atomic E-state index is 0.286. The molecule has 2 rings (SSSR count). The van der Waals surface area contributed by atoms with E-state index < -0.39 is 23.3 Å². The fourth-order valence-corrected chi connectivity index (χ4v) is 2.28. The second kappa shape index (κ2) is 3.82. The van der Waals surface area contributed by atoms with Crippen LogP contribution in [0.25, 0.3) is 0 Å². The summed E-state index contributed by atoms with van der Waals surface area (Å²) in [5.41, 5.74) is -0.0714. The molecule has 5 heteroatoms. The second-order valence-electron chi connectivity index (χ2n) is 4.03. The Hall–Kier alpha value is -0.940. The van der Waals surface area contributed by atoms with E-state index in [4.69, 9.17) is 5.11 Å². The Morgan fingerprint density at radius 3 is 2.56 bits per heavy atom. The number of aliphatic carboxylic acids is 1. The van der Waals surface area contributed by atoms with E-state index in [1.54, 1.807) is 0 Å². The quantitative estimate of drug-likeness (QED) is 0.895. The van der Waals surface area contributed by atoms with Crippen molar-refractivity contribution < 1.29 is 19.4 Å². The van der Waals surface area contributed by atoms with Crippen molar-refractivity contribution in [3.63, 3.8) is 0 Å². The van der Waals surface area contributed by atoms with Gasteiger partial charge in [-0.3, -0.25) is 0 Å². The monoisotopic (exact) mass is 288 g/mol. The zero-order valence-corrected chi connectivity index (χ0v) is 9.87. The van der Waals surface area contributed by atoms with Gasteiger partial charge in [0.1, 0.15) is 5.82 Å². The number of halogens is 2. The lowest BCUT2D eigenvalue weighted by Crippen LogP contribution is -2.33.